The van der Waals surface area contributed by atoms with E-state index in [1.165, 1.54) is 6.92 Å². The second kappa shape index (κ2) is 12.0. The summed E-state index contributed by atoms with van der Waals surface area (Å²) in [6.45, 7) is 5.40. The van der Waals surface area contributed by atoms with Crippen molar-refractivity contribution in [1.29, 1.82) is 0 Å². The van der Waals surface area contributed by atoms with Gasteiger partial charge in [0.2, 0.25) is 5.91 Å². The molecule has 0 fully saturated rings. The molecular formula is C32H31N5O4. The van der Waals surface area contributed by atoms with Crippen LogP contribution in [-0.4, -0.2) is 25.6 Å². The van der Waals surface area contributed by atoms with Crippen molar-refractivity contribution in [2.45, 2.75) is 46.5 Å². The third-order valence-corrected chi connectivity index (χ3v) is 6.89. The summed E-state index contributed by atoms with van der Waals surface area (Å²) in [6, 6.07) is 22.8. The number of H-pyrrole nitrogens is 1. The molecule has 0 aliphatic carbocycles. The second-order valence-electron chi connectivity index (χ2n) is 9.92. The Morgan fingerprint density at radius 1 is 1.00 bits per heavy atom. The third kappa shape index (κ3) is 6.09. The number of aryl methyl sites for hydroxylation is 2. The molecule has 3 aromatic carbocycles. The molecule has 0 saturated heterocycles. The molecular weight excluding hydrogens is 518 g/mol. The summed E-state index contributed by atoms with van der Waals surface area (Å²) in [4.78, 5) is 44.6. The van der Waals surface area contributed by atoms with E-state index in [0.717, 1.165) is 47.2 Å². The van der Waals surface area contributed by atoms with Gasteiger partial charge in [-0.3, -0.25) is 23.7 Å². The van der Waals surface area contributed by atoms with E-state index in [1.54, 1.807) is 16.7 Å². The van der Waals surface area contributed by atoms with Crippen molar-refractivity contribution in [2.24, 2.45) is 0 Å². The van der Waals surface area contributed by atoms with Gasteiger partial charge < -0.3 is 5.32 Å². The van der Waals surface area contributed by atoms with Crippen LogP contribution in [0, 0.1) is 6.92 Å². The molecule has 2 aromatic heterocycles. The highest BCUT2D eigenvalue weighted by Crippen LogP contribution is 2.30. The first-order valence-electron chi connectivity index (χ1n) is 13.6. The molecule has 41 heavy (non-hydrogen) atoms. The molecule has 0 saturated carbocycles. The zero-order valence-electron chi connectivity index (χ0n) is 23.2. The lowest BCUT2D eigenvalue weighted by Gasteiger charge is -2.16. The van der Waals surface area contributed by atoms with E-state index in [2.05, 4.69) is 22.4 Å². The summed E-state index contributed by atoms with van der Waals surface area (Å²) in [7, 11) is 0. The highest BCUT2D eigenvalue weighted by molar-refractivity contribution is 5.89. The summed E-state index contributed by atoms with van der Waals surface area (Å²) in [5.41, 5.74) is 6.17. The number of aromatic amines is 1. The summed E-state index contributed by atoms with van der Waals surface area (Å²) < 4.78 is 6.31. The van der Waals surface area contributed by atoms with Crippen LogP contribution in [0.5, 0.6) is 0 Å². The van der Waals surface area contributed by atoms with Gasteiger partial charge in [0.25, 0.3) is 5.56 Å². The van der Waals surface area contributed by atoms with E-state index < -0.39 is 5.76 Å². The van der Waals surface area contributed by atoms with Crippen molar-refractivity contribution in [3.05, 3.63) is 116 Å². The lowest BCUT2D eigenvalue weighted by molar-refractivity contribution is -0.114. The SMILES string of the molecule is CCCCc1nc(C)n(-c2cccc(NC(C)=O)c2)c(=O)c1Cc1ccc(-c2ccccc2-c2noc(=O)[nH]2)cc1. The first kappa shape index (κ1) is 27.5. The summed E-state index contributed by atoms with van der Waals surface area (Å²) >= 11 is 0. The van der Waals surface area contributed by atoms with Gasteiger partial charge in [0, 0.05) is 30.2 Å². The van der Waals surface area contributed by atoms with E-state index >= 15 is 0 Å². The Balaban J connectivity index is 1.52. The number of unbranched alkanes of at least 4 members (excludes halogenated alkanes) is 1. The number of anilines is 1. The molecule has 2 N–H and O–H groups in total. The van der Waals surface area contributed by atoms with Crippen LogP contribution < -0.4 is 16.6 Å². The first-order chi connectivity index (χ1) is 19.8. The average molecular weight is 550 g/mol. The van der Waals surface area contributed by atoms with Gasteiger partial charge >= 0.3 is 5.76 Å². The lowest BCUT2D eigenvalue weighted by atomic mass is 9.96. The fourth-order valence-corrected chi connectivity index (χ4v) is 4.97. The monoisotopic (exact) mass is 549 g/mol. The number of amides is 1. The second-order valence-corrected chi connectivity index (χ2v) is 9.92. The van der Waals surface area contributed by atoms with Crippen molar-refractivity contribution < 1.29 is 9.32 Å². The Hall–Kier alpha value is -5.05. The molecule has 0 unspecified atom stereocenters. The van der Waals surface area contributed by atoms with Crippen molar-refractivity contribution in [2.75, 3.05) is 5.32 Å². The number of carbonyl (C=O) groups excluding carboxylic acids is 1. The van der Waals surface area contributed by atoms with Crippen LogP contribution in [0.1, 0.15) is 49.3 Å². The Morgan fingerprint density at radius 2 is 1.76 bits per heavy atom. The number of hydrogen-bond donors (Lipinski definition) is 2. The summed E-state index contributed by atoms with van der Waals surface area (Å²) in [6.07, 6.45) is 3.07. The number of hydrogen-bond acceptors (Lipinski definition) is 6. The molecule has 5 aromatic rings. The third-order valence-electron chi connectivity index (χ3n) is 6.89. The van der Waals surface area contributed by atoms with Gasteiger partial charge in [-0.05, 0) is 54.7 Å². The molecule has 9 nitrogen and oxygen atoms in total. The van der Waals surface area contributed by atoms with Crippen molar-refractivity contribution in [3.63, 3.8) is 0 Å². The van der Waals surface area contributed by atoms with Crippen LogP contribution in [0.3, 0.4) is 0 Å². The zero-order chi connectivity index (χ0) is 28.9. The Bertz CT molecular complexity index is 1820. The van der Waals surface area contributed by atoms with E-state index in [-0.39, 0.29) is 11.5 Å². The Morgan fingerprint density at radius 3 is 2.44 bits per heavy atom. The number of nitrogens with one attached hydrogen (secondary N) is 2. The molecule has 208 valence electrons. The molecule has 1 amide bonds. The maximum atomic E-state index is 14.0. The van der Waals surface area contributed by atoms with Gasteiger partial charge in [-0.2, -0.15) is 0 Å². The predicted octanol–water partition coefficient (Wildman–Crippen LogP) is 5.44. The van der Waals surface area contributed by atoms with Crippen LogP contribution in [0.25, 0.3) is 28.2 Å². The number of nitrogens with zero attached hydrogens (tertiary/aromatic N) is 3. The summed E-state index contributed by atoms with van der Waals surface area (Å²) in [5.74, 6) is 0.176. The van der Waals surface area contributed by atoms with Crippen molar-refractivity contribution in [3.8, 4) is 28.2 Å². The highest BCUT2D eigenvalue weighted by Gasteiger charge is 2.17. The van der Waals surface area contributed by atoms with Gasteiger partial charge in [0.1, 0.15) is 5.82 Å². The highest BCUT2D eigenvalue weighted by atomic mass is 16.5. The molecule has 0 radical (unpaired) electrons. The van der Waals surface area contributed by atoms with Crippen molar-refractivity contribution >= 4 is 11.6 Å². The molecule has 0 spiro atoms. The minimum Gasteiger partial charge on any atom is -0.326 e. The molecule has 0 atom stereocenters. The largest absolute Gasteiger partial charge is 0.439 e. The predicted molar refractivity (Wildman–Crippen MR) is 158 cm³/mol. The molecule has 9 heteroatoms. The standard InChI is InChI=1S/C32H31N5O4/c1-4-5-13-29-28(31(39)37(20(2)33-29)25-10-8-9-24(19-25)34-21(3)38)18-22-14-16-23(17-15-22)26-11-6-7-12-27(26)30-35-32(40)41-36-30/h6-12,14-17,19H,4-5,13,18H2,1-3H3,(H,34,38)(H,35,36,40). The maximum absolute atomic E-state index is 14.0. The minimum atomic E-state index is -0.608. The van der Waals surface area contributed by atoms with Gasteiger partial charge in [-0.1, -0.05) is 73.1 Å². The number of aromatic nitrogens is 4. The quantitative estimate of drug-likeness (QED) is 0.252. The van der Waals surface area contributed by atoms with Gasteiger partial charge in [-0.15, -0.1) is 0 Å². The first-order valence-corrected chi connectivity index (χ1v) is 13.6. The van der Waals surface area contributed by atoms with Crippen LogP contribution >= 0.6 is 0 Å². The van der Waals surface area contributed by atoms with Gasteiger partial charge in [0.05, 0.1) is 11.4 Å². The molecule has 2 heterocycles. The lowest BCUT2D eigenvalue weighted by Crippen LogP contribution is -2.28. The van der Waals surface area contributed by atoms with Crippen molar-refractivity contribution in [1.82, 2.24) is 19.7 Å². The van der Waals surface area contributed by atoms with E-state index in [0.29, 0.717) is 35.0 Å². The van der Waals surface area contributed by atoms with E-state index in [9.17, 15) is 14.4 Å². The Labute approximate surface area is 236 Å². The fourth-order valence-electron chi connectivity index (χ4n) is 4.97. The number of benzene rings is 3. The van der Waals surface area contributed by atoms with E-state index in [1.807, 2.05) is 67.6 Å². The van der Waals surface area contributed by atoms with Gasteiger partial charge in [0.15, 0.2) is 5.82 Å². The minimum absolute atomic E-state index is 0.118. The number of carbonyl (C=O) groups is 1. The normalized spacial score (nSPS) is 11.0. The van der Waals surface area contributed by atoms with Crippen LogP contribution in [0.15, 0.2) is 86.9 Å². The maximum Gasteiger partial charge on any atom is 0.439 e. The summed E-state index contributed by atoms with van der Waals surface area (Å²) in [5, 5.41) is 6.62. The van der Waals surface area contributed by atoms with Crippen LogP contribution in [-0.2, 0) is 17.6 Å². The molecule has 0 aliphatic rings. The van der Waals surface area contributed by atoms with Crippen LogP contribution in [0.4, 0.5) is 5.69 Å². The Kier molecular flexibility index (Phi) is 8.05. The molecule has 0 aliphatic heterocycles. The van der Waals surface area contributed by atoms with E-state index in [4.69, 9.17) is 9.51 Å². The topological polar surface area (TPSA) is 123 Å². The van der Waals surface area contributed by atoms with Crippen LogP contribution in [0.2, 0.25) is 0 Å². The molecule has 0 bridgehead atoms. The smallest absolute Gasteiger partial charge is 0.326 e. The average Bonchev–Trinajstić information content (AvgIpc) is 3.40. The fraction of sp³-hybridized carbons (Fsp3) is 0.219. The zero-order valence-corrected chi connectivity index (χ0v) is 23.2. The number of rotatable bonds is 9. The molecule has 5 rings (SSSR count). The van der Waals surface area contributed by atoms with Gasteiger partial charge in [-0.25, -0.2) is 9.78 Å².